The number of nitrogens with zero attached hydrogens (tertiary/aromatic N) is 2. The van der Waals surface area contributed by atoms with Crippen molar-refractivity contribution < 1.29 is 19.4 Å². The minimum absolute atomic E-state index is 0.0687. The highest BCUT2D eigenvalue weighted by Crippen LogP contribution is 2.34. The molecule has 10 heteroatoms. The number of carbonyl (C=O) groups excluding carboxylic acids is 1. The minimum atomic E-state index is -0.713. The summed E-state index contributed by atoms with van der Waals surface area (Å²) in [6.45, 7) is 3.55. The summed E-state index contributed by atoms with van der Waals surface area (Å²) in [7, 11) is 0. The second kappa shape index (κ2) is 8.70. The predicted octanol–water partition coefficient (Wildman–Crippen LogP) is 3.27. The molecule has 1 aliphatic rings. The van der Waals surface area contributed by atoms with Gasteiger partial charge < -0.3 is 10.1 Å². The van der Waals surface area contributed by atoms with E-state index in [1.54, 1.807) is 32.0 Å². The van der Waals surface area contributed by atoms with Crippen LogP contribution >= 0.6 is 0 Å². The van der Waals surface area contributed by atoms with E-state index in [0.29, 0.717) is 22.4 Å². The second-order valence-corrected chi connectivity index (χ2v) is 6.64. The highest BCUT2D eigenvalue weighted by molar-refractivity contribution is 5.91. The zero-order valence-electron chi connectivity index (χ0n) is 16.3. The van der Waals surface area contributed by atoms with Gasteiger partial charge in [0.2, 0.25) is 0 Å². The average molecular weight is 412 g/mol. The molecule has 2 atom stereocenters. The summed E-state index contributed by atoms with van der Waals surface area (Å²) < 4.78 is 5.17. The minimum Gasteiger partial charge on any atom is -0.463 e. The highest BCUT2D eigenvalue weighted by atomic mass is 16.6. The standard InChI is InChI=1S/C20H20N4O6/c1-3-30-20(25)17-12(2)21-19(14-7-5-9-16(11-14)24(28)29)22-18(17)13-6-4-8-15(10-13)23(26)27/h4-11,18-19,21-22H,3H2,1-2H3. The second-order valence-electron chi connectivity index (χ2n) is 6.64. The molecule has 30 heavy (non-hydrogen) atoms. The summed E-state index contributed by atoms with van der Waals surface area (Å²) in [5.74, 6) is -0.552. The van der Waals surface area contributed by atoms with Crippen LogP contribution in [0.25, 0.3) is 0 Å². The van der Waals surface area contributed by atoms with Crippen molar-refractivity contribution in [1.82, 2.24) is 10.6 Å². The summed E-state index contributed by atoms with van der Waals surface area (Å²) in [6.07, 6.45) is -0.563. The fourth-order valence-electron chi connectivity index (χ4n) is 3.36. The topological polar surface area (TPSA) is 137 Å². The van der Waals surface area contributed by atoms with Crippen molar-refractivity contribution in [2.24, 2.45) is 0 Å². The third-order valence-corrected chi connectivity index (χ3v) is 4.71. The van der Waals surface area contributed by atoms with Gasteiger partial charge >= 0.3 is 5.97 Å². The molecule has 0 radical (unpaired) electrons. The lowest BCUT2D eigenvalue weighted by Gasteiger charge is -2.35. The third kappa shape index (κ3) is 4.28. The lowest BCUT2D eigenvalue weighted by Crippen LogP contribution is -2.44. The Balaban J connectivity index is 2.06. The van der Waals surface area contributed by atoms with Crippen LogP contribution in [-0.2, 0) is 9.53 Å². The van der Waals surface area contributed by atoms with Gasteiger partial charge in [0.1, 0.15) is 6.17 Å². The van der Waals surface area contributed by atoms with E-state index in [9.17, 15) is 25.0 Å². The van der Waals surface area contributed by atoms with Crippen LogP contribution in [0.1, 0.15) is 37.2 Å². The maximum atomic E-state index is 12.6. The van der Waals surface area contributed by atoms with Crippen molar-refractivity contribution in [2.45, 2.75) is 26.1 Å². The van der Waals surface area contributed by atoms with E-state index in [4.69, 9.17) is 4.74 Å². The molecule has 2 N–H and O–H groups in total. The summed E-state index contributed by atoms with van der Waals surface area (Å²) >= 11 is 0. The van der Waals surface area contributed by atoms with Crippen molar-refractivity contribution >= 4 is 17.3 Å². The van der Waals surface area contributed by atoms with Crippen LogP contribution in [0.3, 0.4) is 0 Å². The normalized spacial score (nSPS) is 18.5. The number of nitro benzene ring substituents is 2. The van der Waals surface area contributed by atoms with E-state index in [-0.39, 0.29) is 18.0 Å². The molecular weight excluding hydrogens is 392 g/mol. The number of carbonyl (C=O) groups is 1. The molecule has 0 aromatic heterocycles. The molecule has 0 aliphatic carbocycles. The van der Waals surface area contributed by atoms with Crippen molar-refractivity contribution in [2.75, 3.05) is 6.61 Å². The molecule has 3 rings (SSSR count). The number of nitro groups is 2. The van der Waals surface area contributed by atoms with Gasteiger partial charge in [-0.05, 0) is 25.0 Å². The van der Waals surface area contributed by atoms with Gasteiger partial charge in [-0.25, -0.2) is 4.79 Å². The molecule has 2 unspecified atom stereocenters. The molecule has 1 heterocycles. The molecule has 2 aromatic rings. The van der Waals surface area contributed by atoms with Crippen molar-refractivity contribution in [3.05, 3.63) is 91.2 Å². The number of esters is 1. The van der Waals surface area contributed by atoms with Gasteiger partial charge in [-0.1, -0.05) is 24.3 Å². The molecule has 156 valence electrons. The van der Waals surface area contributed by atoms with Crippen LogP contribution < -0.4 is 10.6 Å². The zero-order valence-corrected chi connectivity index (χ0v) is 16.3. The molecule has 0 bridgehead atoms. The van der Waals surface area contributed by atoms with Gasteiger partial charge in [0, 0.05) is 30.0 Å². The van der Waals surface area contributed by atoms with Gasteiger partial charge in [-0.2, -0.15) is 0 Å². The van der Waals surface area contributed by atoms with Crippen molar-refractivity contribution in [3.8, 4) is 0 Å². The molecule has 0 saturated heterocycles. The first-order valence-corrected chi connectivity index (χ1v) is 9.21. The molecule has 1 aliphatic heterocycles. The molecule has 0 amide bonds. The Morgan fingerprint density at radius 3 is 2.17 bits per heavy atom. The molecule has 0 fully saturated rings. The maximum absolute atomic E-state index is 12.6. The lowest BCUT2D eigenvalue weighted by atomic mass is 9.93. The van der Waals surface area contributed by atoms with E-state index in [1.165, 1.54) is 30.3 Å². The first-order chi connectivity index (χ1) is 14.3. The monoisotopic (exact) mass is 412 g/mol. The SMILES string of the molecule is CCOC(=O)C1=C(C)NC(c2cccc([N+](=O)[O-])c2)NC1c1cccc([N+](=O)[O-])c1. The lowest BCUT2D eigenvalue weighted by molar-refractivity contribution is -0.385. The Labute approximate surface area is 171 Å². The largest absolute Gasteiger partial charge is 0.463 e. The number of benzene rings is 2. The van der Waals surface area contributed by atoms with E-state index >= 15 is 0 Å². The summed E-state index contributed by atoms with van der Waals surface area (Å²) in [5, 5.41) is 28.7. The third-order valence-electron chi connectivity index (χ3n) is 4.71. The number of non-ortho nitro benzene ring substituents is 2. The molecule has 0 spiro atoms. The van der Waals surface area contributed by atoms with Gasteiger partial charge in [0.05, 0.1) is 28.1 Å². The van der Waals surface area contributed by atoms with Crippen LogP contribution in [0.4, 0.5) is 11.4 Å². The van der Waals surface area contributed by atoms with Gasteiger partial charge in [0.25, 0.3) is 11.4 Å². The fraction of sp³-hybridized carbons (Fsp3) is 0.250. The Hall–Kier alpha value is -3.79. The number of nitrogens with one attached hydrogen (secondary N) is 2. The van der Waals surface area contributed by atoms with Crippen LogP contribution in [0, 0.1) is 20.2 Å². The van der Waals surface area contributed by atoms with Gasteiger partial charge in [0.15, 0.2) is 0 Å². The quantitative estimate of drug-likeness (QED) is 0.419. The number of rotatable bonds is 6. The van der Waals surface area contributed by atoms with E-state index in [2.05, 4.69) is 10.6 Å². The van der Waals surface area contributed by atoms with Gasteiger partial charge in [-0.15, -0.1) is 0 Å². The van der Waals surface area contributed by atoms with Gasteiger partial charge in [-0.3, -0.25) is 25.5 Å². The molecule has 2 aromatic carbocycles. The first-order valence-electron chi connectivity index (χ1n) is 9.21. The van der Waals surface area contributed by atoms with Crippen molar-refractivity contribution in [1.29, 1.82) is 0 Å². The summed E-state index contributed by atoms with van der Waals surface area (Å²) in [4.78, 5) is 34.0. The Morgan fingerprint density at radius 1 is 1.03 bits per heavy atom. The highest BCUT2D eigenvalue weighted by Gasteiger charge is 2.34. The smallest absolute Gasteiger partial charge is 0.337 e. The van der Waals surface area contributed by atoms with Crippen LogP contribution in [0.15, 0.2) is 59.8 Å². The maximum Gasteiger partial charge on any atom is 0.337 e. The summed E-state index contributed by atoms with van der Waals surface area (Å²) in [6, 6.07) is 11.3. The van der Waals surface area contributed by atoms with E-state index in [1.807, 2.05) is 0 Å². The van der Waals surface area contributed by atoms with E-state index < -0.39 is 28.0 Å². The molecule has 10 nitrogen and oxygen atoms in total. The molecular formula is C20H20N4O6. The number of ether oxygens (including phenoxy) is 1. The van der Waals surface area contributed by atoms with Crippen LogP contribution in [-0.4, -0.2) is 22.4 Å². The molecule has 0 saturated carbocycles. The summed E-state index contributed by atoms with van der Waals surface area (Å²) in [5.41, 5.74) is 1.71. The Bertz CT molecular complexity index is 1040. The zero-order chi connectivity index (χ0) is 21.8. The van der Waals surface area contributed by atoms with Crippen LogP contribution in [0.2, 0.25) is 0 Å². The number of hydrogen-bond donors (Lipinski definition) is 2. The van der Waals surface area contributed by atoms with Crippen LogP contribution in [0.5, 0.6) is 0 Å². The van der Waals surface area contributed by atoms with Crippen molar-refractivity contribution in [3.63, 3.8) is 0 Å². The Kier molecular flexibility index (Phi) is 6.07. The van der Waals surface area contributed by atoms with E-state index in [0.717, 1.165) is 0 Å². The number of allylic oxidation sites excluding steroid dienone is 1. The first kappa shape index (κ1) is 20.9. The average Bonchev–Trinajstić information content (AvgIpc) is 2.73. The fourth-order valence-corrected chi connectivity index (χ4v) is 3.36. The number of hydrogen-bond acceptors (Lipinski definition) is 8. The Morgan fingerprint density at radius 2 is 1.60 bits per heavy atom. The predicted molar refractivity (Wildman–Crippen MR) is 107 cm³/mol.